The van der Waals surface area contributed by atoms with Gasteiger partial charge < -0.3 is 15.1 Å². The van der Waals surface area contributed by atoms with E-state index in [-0.39, 0.29) is 17.6 Å². The molecule has 3 rings (SSSR count). The number of halogens is 1. The molecule has 6 heteroatoms. The van der Waals surface area contributed by atoms with Gasteiger partial charge in [0.2, 0.25) is 5.91 Å². The molecule has 0 spiro atoms. The Hall–Kier alpha value is -2.89. The van der Waals surface area contributed by atoms with Gasteiger partial charge in [0.05, 0.1) is 0 Å². The maximum Gasteiger partial charge on any atom is 0.251 e. The molecule has 1 unspecified atom stereocenters. The van der Waals surface area contributed by atoms with E-state index in [9.17, 15) is 14.0 Å². The normalized spacial score (nSPS) is 16.7. The quantitative estimate of drug-likeness (QED) is 0.918. The van der Waals surface area contributed by atoms with Crippen LogP contribution in [0, 0.1) is 12.7 Å². The number of nitrogens with one attached hydrogen (secondary N) is 1. The van der Waals surface area contributed by atoms with E-state index < -0.39 is 6.04 Å². The molecular weight excluding hydrogens is 333 g/mol. The van der Waals surface area contributed by atoms with Crippen molar-refractivity contribution in [2.24, 2.45) is 0 Å². The maximum absolute atomic E-state index is 13.4. The molecule has 1 aliphatic heterocycles. The smallest absolute Gasteiger partial charge is 0.251 e. The predicted molar refractivity (Wildman–Crippen MR) is 100 cm³/mol. The molecule has 1 N–H and O–H groups in total. The van der Waals surface area contributed by atoms with Crippen molar-refractivity contribution in [2.45, 2.75) is 19.4 Å². The molecule has 1 atom stereocenters. The van der Waals surface area contributed by atoms with Crippen LogP contribution in [0.4, 0.5) is 15.8 Å². The Kier molecular flexibility index (Phi) is 4.93. The molecule has 0 saturated carbocycles. The molecule has 2 amide bonds. The molecule has 0 aromatic heterocycles. The highest BCUT2D eigenvalue weighted by molar-refractivity contribution is 6.04. The zero-order valence-corrected chi connectivity index (χ0v) is 15.1. The maximum atomic E-state index is 13.4. The zero-order chi connectivity index (χ0) is 18.8. The molecule has 136 valence electrons. The first-order valence-electron chi connectivity index (χ1n) is 8.52. The summed E-state index contributed by atoms with van der Waals surface area (Å²) in [6.07, 6.45) is 0.525. The topological polar surface area (TPSA) is 52.7 Å². The summed E-state index contributed by atoms with van der Waals surface area (Å²) in [6, 6.07) is 11.2. The van der Waals surface area contributed by atoms with Crippen LogP contribution >= 0.6 is 0 Å². The van der Waals surface area contributed by atoms with E-state index in [1.165, 1.54) is 6.07 Å². The molecular formula is C20H22FN3O2. The van der Waals surface area contributed by atoms with Crippen molar-refractivity contribution in [2.75, 3.05) is 30.4 Å². The fraction of sp³-hybridized carbons (Fsp3) is 0.300. The second-order valence-electron chi connectivity index (χ2n) is 6.68. The number of carbonyl (C=O) groups is 2. The van der Waals surface area contributed by atoms with Crippen LogP contribution in [-0.2, 0) is 4.79 Å². The van der Waals surface area contributed by atoms with E-state index in [0.717, 1.165) is 5.69 Å². The van der Waals surface area contributed by atoms with Gasteiger partial charge in [-0.1, -0.05) is 0 Å². The van der Waals surface area contributed by atoms with Crippen LogP contribution in [0.1, 0.15) is 22.3 Å². The van der Waals surface area contributed by atoms with E-state index in [1.807, 2.05) is 31.1 Å². The summed E-state index contributed by atoms with van der Waals surface area (Å²) in [4.78, 5) is 28.6. The second kappa shape index (κ2) is 7.15. The summed E-state index contributed by atoms with van der Waals surface area (Å²) < 4.78 is 13.4. The second-order valence-corrected chi connectivity index (χ2v) is 6.68. The van der Waals surface area contributed by atoms with Crippen molar-refractivity contribution in [3.8, 4) is 0 Å². The lowest BCUT2D eigenvalue weighted by Gasteiger charge is -2.18. The van der Waals surface area contributed by atoms with Gasteiger partial charge in [0.1, 0.15) is 11.9 Å². The summed E-state index contributed by atoms with van der Waals surface area (Å²) in [6.45, 7) is 2.16. The average molecular weight is 355 g/mol. The minimum atomic E-state index is -0.568. The molecule has 1 fully saturated rings. The molecule has 0 bridgehead atoms. The Labute approximate surface area is 152 Å². The molecule has 2 aromatic carbocycles. The van der Waals surface area contributed by atoms with Crippen molar-refractivity contribution in [3.05, 3.63) is 59.4 Å². The third-order valence-electron chi connectivity index (χ3n) is 4.61. The molecule has 26 heavy (non-hydrogen) atoms. The lowest BCUT2D eigenvalue weighted by molar-refractivity contribution is -0.118. The van der Waals surface area contributed by atoms with Gasteiger partial charge >= 0.3 is 0 Å². The highest BCUT2D eigenvalue weighted by atomic mass is 19.1. The first-order valence-corrected chi connectivity index (χ1v) is 8.52. The standard InChI is InChI=1S/C20H22FN3O2/c1-13-12-16(8-9-17(13)21)24-11-10-18(20(24)26)22-19(25)14-4-6-15(7-5-14)23(2)3/h4-9,12,18H,10-11H2,1-3H3,(H,22,25). The Morgan fingerprint density at radius 1 is 1.19 bits per heavy atom. The summed E-state index contributed by atoms with van der Waals surface area (Å²) >= 11 is 0. The molecule has 0 radical (unpaired) electrons. The van der Waals surface area contributed by atoms with Gasteiger partial charge in [0, 0.05) is 37.6 Å². The van der Waals surface area contributed by atoms with Crippen molar-refractivity contribution < 1.29 is 14.0 Å². The molecule has 0 aliphatic carbocycles. The number of hydrogen-bond acceptors (Lipinski definition) is 3. The van der Waals surface area contributed by atoms with E-state index in [2.05, 4.69) is 5.32 Å². The van der Waals surface area contributed by atoms with Gasteiger partial charge in [-0.25, -0.2) is 4.39 Å². The number of benzene rings is 2. The van der Waals surface area contributed by atoms with Crippen molar-refractivity contribution in [3.63, 3.8) is 0 Å². The molecule has 1 heterocycles. The minimum Gasteiger partial charge on any atom is -0.378 e. The van der Waals surface area contributed by atoms with Crippen LogP contribution in [0.25, 0.3) is 0 Å². The summed E-state index contributed by atoms with van der Waals surface area (Å²) in [5.41, 5.74) is 2.65. The third kappa shape index (κ3) is 3.54. The van der Waals surface area contributed by atoms with Crippen LogP contribution in [0.3, 0.4) is 0 Å². The number of hydrogen-bond donors (Lipinski definition) is 1. The highest BCUT2D eigenvalue weighted by Crippen LogP contribution is 2.24. The monoisotopic (exact) mass is 355 g/mol. The van der Waals surface area contributed by atoms with Crippen LogP contribution in [-0.4, -0.2) is 38.5 Å². The van der Waals surface area contributed by atoms with Crippen molar-refractivity contribution >= 4 is 23.2 Å². The van der Waals surface area contributed by atoms with Crippen molar-refractivity contribution in [1.29, 1.82) is 0 Å². The van der Waals surface area contributed by atoms with Crippen LogP contribution in [0.2, 0.25) is 0 Å². The molecule has 5 nitrogen and oxygen atoms in total. The van der Waals surface area contributed by atoms with Gasteiger partial charge in [0.15, 0.2) is 0 Å². The van der Waals surface area contributed by atoms with E-state index >= 15 is 0 Å². The number of rotatable bonds is 4. The highest BCUT2D eigenvalue weighted by Gasteiger charge is 2.33. The van der Waals surface area contributed by atoms with E-state index in [0.29, 0.717) is 29.8 Å². The Morgan fingerprint density at radius 3 is 2.50 bits per heavy atom. The number of carbonyl (C=O) groups excluding carboxylic acids is 2. The third-order valence-corrected chi connectivity index (χ3v) is 4.61. The van der Waals surface area contributed by atoms with Gasteiger partial charge in [-0.05, 0) is 61.4 Å². The largest absolute Gasteiger partial charge is 0.378 e. The summed E-state index contributed by atoms with van der Waals surface area (Å²) in [7, 11) is 3.86. The number of anilines is 2. The summed E-state index contributed by atoms with van der Waals surface area (Å²) in [5.74, 6) is -0.744. The summed E-state index contributed by atoms with van der Waals surface area (Å²) in [5, 5.41) is 2.80. The predicted octanol–water partition coefficient (Wildman–Crippen LogP) is 2.74. The van der Waals surface area contributed by atoms with Gasteiger partial charge in [-0.3, -0.25) is 9.59 Å². The SMILES string of the molecule is Cc1cc(N2CCC(NC(=O)c3ccc(N(C)C)cc3)C2=O)ccc1F. The Bertz CT molecular complexity index is 833. The molecule has 2 aromatic rings. The fourth-order valence-corrected chi connectivity index (χ4v) is 3.02. The van der Waals surface area contributed by atoms with E-state index in [1.54, 1.807) is 36.1 Å². The van der Waals surface area contributed by atoms with Crippen LogP contribution < -0.4 is 15.1 Å². The van der Waals surface area contributed by atoms with Crippen molar-refractivity contribution in [1.82, 2.24) is 5.32 Å². The molecule has 1 aliphatic rings. The first-order chi connectivity index (χ1) is 12.4. The van der Waals surface area contributed by atoms with E-state index in [4.69, 9.17) is 0 Å². The Balaban J connectivity index is 1.68. The van der Waals surface area contributed by atoms with Crippen LogP contribution in [0.15, 0.2) is 42.5 Å². The average Bonchev–Trinajstić information content (AvgIpc) is 2.98. The lowest BCUT2D eigenvalue weighted by Crippen LogP contribution is -2.41. The van der Waals surface area contributed by atoms with Gasteiger partial charge in [0.25, 0.3) is 5.91 Å². The lowest BCUT2D eigenvalue weighted by atomic mass is 10.1. The number of amides is 2. The Morgan fingerprint density at radius 2 is 1.88 bits per heavy atom. The first kappa shape index (κ1) is 17.9. The number of aryl methyl sites for hydroxylation is 1. The zero-order valence-electron chi connectivity index (χ0n) is 15.1. The van der Waals surface area contributed by atoms with Gasteiger partial charge in [-0.15, -0.1) is 0 Å². The fourth-order valence-electron chi connectivity index (χ4n) is 3.02. The van der Waals surface area contributed by atoms with Crippen LogP contribution in [0.5, 0.6) is 0 Å². The van der Waals surface area contributed by atoms with Gasteiger partial charge in [-0.2, -0.15) is 0 Å². The number of nitrogens with zero attached hydrogens (tertiary/aromatic N) is 2. The molecule has 1 saturated heterocycles. The minimum absolute atomic E-state index is 0.172.